The molecule has 3 rings (SSSR count). The number of rotatable bonds is 5. The van der Waals surface area contributed by atoms with Gasteiger partial charge < -0.3 is 0 Å². The molecule has 1 aromatic carbocycles. The van der Waals surface area contributed by atoms with Crippen molar-refractivity contribution in [3.8, 4) is 0 Å². The first-order chi connectivity index (χ1) is 11.9. The molecule has 2 heterocycles. The lowest BCUT2D eigenvalue weighted by Gasteiger charge is -2.05. The van der Waals surface area contributed by atoms with E-state index in [-0.39, 0.29) is 17.2 Å². The maximum atomic E-state index is 12.4. The highest BCUT2D eigenvalue weighted by Crippen LogP contribution is 2.35. The zero-order valence-corrected chi connectivity index (χ0v) is 15.5. The molecule has 0 aliphatic carbocycles. The largest absolute Gasteiger partial charge is 0.293 e. The monoisotopic (exact) mass is 373 g/mol. The van der Waals surface area contributed by atoms with Gasteiger partial charge in [0.15, 0.2) is 5.78 Å². The standard InChI is InChI=1S/C17H15N3O3S2/c1-9-10(2)25-17-15(9)16(18-11(3)19-17)24-8-14(21)12-5-4-6-13(7-12)20(22)23/h4-7H,8H2,1-3H3. The Balaban J connectivity index is 1.86. The number of Topliss-reactive ketones (excluding diaryl/α,β-unsaturated/α-hetero) is 1. The van der Waals surface area contributed by atoms with E-state index in [1.165, 1.54) is 34.8 Å². The Kier molecular flexibility index (Phi) is 4.82. The van der Waals surface area contributed by atoms with Crippen molar-refractivity contribution in [1.82, 2.24) is 9.97 Å². The van der Waals surface area contributed by atoms with Crippen LogP contribution in [0.3, 0.4) is 0 Å². The van der Waals surface area contributed by atoms with Crippen LogP contribution < -0.4 is 0 Å². The minimum atomic E-state index is -0.501. The van der Waals surface area contributed by atoms with Crippen LogP contribution >= 0.6 is 23.1 Å². The molecule has 0 unspecified atom stereocenters. The topological polar surface area (TPSA) is 86.0 Å². The van der Waals surface area contributed by atoms with Crippen LogP contribution in [0, 0.1) is 30.9 Å². The van der Waals surface area contributed by atoms with Crippen LogP contribution in [-0.4, -0.2) is 26.4 Å². The third kappa shape index (κ3) is 3.54. The first-order valence-corrected chi connectivity index (χ1v) is 9.32. The number of carbonyl (C=O) groups excluding carboxylic acids is 1. The lowest BCUT2D eigenvalue weighted by molar-refractivity contribution is -0.384. The molecular formula is C17H15N3O3S2. The van der Waals surface area contributed by atoms with Gasteiger partial charge in [-0.15, -0.1) is 11.3 Å². The van der Waals surface area contributed by atoms with Gasteiger partial charge in [-0.25, -0.2) is 9.97 Å². The lowest BCUT2D eigenvalue weighted by Crippen LogP contribution is -2.04. The second-order valence-corrected chi connectivity index (χ2v) is 7.73. The molecule has 0 atom stereocenters. The quantitative estimate of drug-likeness (QED) is 0.215. The fourth-order valence-electron chi connectivity index (χ4n) is 2.43. The van der Waals surface area contributed by atoms with Crippen molar-refractivity contribution in [3.05, 3.63) is 56.2 Å². The number of aromatic nitrogens is 2. The number of nitro groups is 1. The maximum absolute atomic E-state index is 12.4. The van der Waals surface area contributed by atoms with Crippen molar-refractivity contribution in [2.24, 2.45) is 0 Å². The van der Waals surface area contributed by atoms with Gasteiger partial charge in [0.1, 0.15) is 15.7 Å². The maximum Gasteiger partial charge on any atom is 0.270 e. The number of thiophene rings is 1. The van der Waals surface area contributed by atoms with Gasteiger partial charge in [-0.05, 0) is 26.3 Å². The average Bonchev–Trinajstić information content (AvgIpc) is 2.86. The summed E-state index contributed by atoms with van der Waals surface area (Å²) < 4.78 is 0. The lowest BCUT2D eigenvalue weighted by atomic mass is 10.1. The molecule has 8 heteroatoms. The minimum Gasteiger partial charge on any atom is -0.293 e. The summed E-state index contributed by atoms with van der Waals surface area (Å²) in [7, 11) is 0. The molecule has 0 N–H and O–H groups in total. The molecule has 0 aliphatic rings. The van der Waals surface area contributed by atoms with Gasteiger partial charge in [-0.1, -0.05) is 23.9 Å². The number of carbonyl (C=O) groups is 1. The Hall–Kier alpha value is -2.32. The number of aryl methyl sites for hydroxylation is 3. The van der Waals surface area contributed by atoms with Gasteiger partial charge in [0, 0.05) is 28.0 Å². The Morgan fingerprint density at radius 3 is 2.76 bits per heavy atom. The van der Waals surface area contributed by atoms with Crippen LogP contribution in [0.5, 0.6) is 0 Å². The van der Waals surface area contributed by atoms with E-state index >= 15 is 0 Å². The summed E-state index contributed by atoms with van der Waals surface area (Å²) in [5.41, 5.74) is 1.38. The average molecular weight is 373 g/mol. The van der Waals surface area contributed by atoms with E-state index in [1.54, 1.807) is 17.4 Å². The molecule has 0 saturated carbocycles. The van der Waals surface area contributed by atoms with Crippen LogP contribution in [0.1, 0.15) is 26.6 Å². The van der Waals surface area contributed by atoms with Gasteiger partial charge >= 0.3 is 0 Å². The summed E-state index contributed by atoms with van der Waals surface area (Å²) in [5, 5.41) is 12.6. The van der Waals surface area contributed by atoms with Crippen molar-refractivity contribution in [2.45, 2.75) is 25.8 Å². The predicted octanol–water partition coefficient (Wildman–Crippen LogP) is 4.50. The van der Waals surface area contributed by atoms with Crippen LogP contribution in [0.15, 0.2) is 29.3 Å². The Morgan fingerprint density at radius 2 is 2.04 bits per heavy atom. The second kappa shape index (κ2) is 6.89. The first-order valence-electron chi connectivity index (χ1n) is 7.51. The number of ketones is 1. The third-order valence-electron chi connectivity index (χ3n) is 3.83. The SMILES string of the molecule is Cc1nc(SCC(=O)c2cccc([N+](=O)[O-])c2)c2c(C)c(C)sc2n1. The van der Waals surface area contributed by atoms with E-state index in [9.17, 15) is 14.9 Å². The highest BCUT2D eigenvalue weighted by Gasteiger charge is 2.16. The molecule has 0 saturated heterocycles. The number of non-ortho nitro benzene ring substituents is 1. The summed E-state index contributed by atoms with van der Waals surface area (Å²) >= 11 is 2.96. The Morgan fingerprint density at radius 1 is 1.28 bits per heavy atom. The third-order valence-corrected chi connectivity index (χ3v) is 5.90. The van der Waals surface area contributed by atoms with Crippen molar-refractivity contribution in [2.75, 3.05) is 5.75 Å². The second-order valence-electron chi connectivity index (χ2n) is 5.56. The smallest absolute Gasteiger partial charge is 0.270 e. The van der Waals surface area contributed by atoms with Crippen LogP contribution in [0.2, 0.25) is 0 Å². The molecule has 0 spiro atoms. The summed E-state index contributed by atoms with van der Waals surface area (Å²) in [4.78, 5) is 33.8. The first kappa shape index (κ1) is 17.5. The highest BCUT2D eigenvalue weighted by molar-refractivity contribution is 8.00. The summed E-state index contributed by atoms with van der Waals surface area (Å²) in [6.45, 7) is 5.90. The van der Waals surface area contributed by atoms with E-state index in [4.69, 9.17) is 0 Å². The molecule has 3 aromatic rings. The Labute approximate surface area is 152 Å². The number of hydrogen-bond acceptors (Lipinski definition) is 7. The fourth-order valence-corrected chi connectivity index (χ4v) is 4.59. The molecule has 0 amide bonds. The zero-order valence-electron chi connectivity index (χ0n) is 13.9. The molecular weight excluding hydrogens is 358 g/mol. The van der Waals surface area contributed by atoms with E-state index in [0.29, 0.717) is 11.4 Å². The van der Waals surface area contributed by atoms with Gasteiger partial charge in [0.05, 0.1) is 10.7 Å². The number of thioether (sulfide) groups is 1. The van der Waals surface area contributed by atoms with Gasteiger partial charge in [-0.3, -0.25) is 14.9 Å². The molecule has 0 fully saturated rings. The molecule has 0 radical (unpaired) electrons. The van der Waals surface area contributed by atoms with Gasteiger partial charge in [0.2, 0.25) is 0 Å². The van der Waals surface area contributed by atoms with Gasteiger partial charge in [-0.2, -0.15) is 0 Å². The highest BCUT2D eigenvalue weighted by atomic mass is 32.2. The number of benzene rings is 1. The van der Waals surface area contributed by atoms with E-state index in [1.807, 2.05) is 20.8 Å². The normalized spacial score (nSPS) is 11.0. The molecule has 0 aliphatic heterocycles. The van der Waals surface area contributed by atoms with Gasteiger partial charge in [0.25, 0.3) is 5.69 Å². The Bertz CT molecular complexity index is 998. The predicted molar refractivity (Wildman–Crippen MR) is 99.8 cm³/mol. The van der Waals surface area contributed by atoms with Crippen molar-refractivity contribution < 1.29 is 9.72 Å². The summed E-state index contributed by atoms with van der Waals surface area (Å²) in [6.07, 6.45) is 0. The zero-order chi connectivity index (χ0) is 18.1. The fraction of sp³-hybridized carbons (Fsp3) is 0.235. The minimum absolute atomic E-state index is 0.0829. The number of nitro benzene ring substituents is 1. The van der Waals surface area contributed by atoms with Crippen LogP contribution in [-0.2, 0) is 0 Å². The van der Waals surface area contributed by atoms with E-state index < -0.39 is 4.92 Å². The van der Waals surface area contributed by atoms with E-state index in [2.05, 4.69) is 9.97 Å². The van der Waals surface area contributed by atoms with Crippen LogP contribution in [0.25, 0.3) is 10.2 Å². The molecule has 2 aromatic heterocycles. The van der Waals surface area contributed by atoms with Crippen molar-refractivity contribution in [3.63, 3.8) is 0 Å². The van der Waals surface area contributed by atoms with E-state index in [0.717, 1.165) is 20.8 Å². The molecule has 128 valence electrons. The summed E-state index contributed by atoms with van der Waals surface area (Å²) in [5.74, 6) is 0.669. The summed E-state index contributed by atoms with van der Waals surface area (Å²) in [6, 6.07) is 5.80. The van der Waals surface area contributed by atoms with Crippen molar-refractivity contribution in [1.29, 1.82) is 0 Å². The molecule has 25 heavy (non-hydrogen) atoms. The molecule has 0 bridgehead atoms. The number of fused-ring (bicyclic) bond motifs is 1. The number of nitrogens with zero attached hydrogens (tertiary/aromatic N) is 3. The van der Waals surface area contributed by atoms with Crippen LogP contribution in [0.4, 0.5) is 5.69 Å². The van der Waals surface area contributed by atoms with Crippen molar-refractivity contribution >= 4 is 44.8 Å². The molecule has 6 nitrogen and oxygen atoms in total. The number of hydrogen-bond donors (Lipinski definition) is 0.